The number of imidazole rings is 1. The summed E-state index contributed by atoms with van der Waals surface area (Å²) < 4.78 is 33.3. The largest absolute Gasteiger partial charge is 0.394 e. The van der Waals surface area contributed by atoms with E-state index in [1.54, 1.807) is 0 Å². The van der Waals surface area contributed by atoms with Gasteiger partial charge in [-0.25, -0.2) is 23.7 Å². The van der Waals surface area contributed by atoms with Crippen molar-refractivity contribution >= 4 is 17.0 Å². The van der Waals surface area contributed by atoms with E-state index >= 15 is 0 Å². The number of hydrogen-bond donors (Lipinski definition) is 4. The zero-order valence-corrected chi connectivity index (χ0v) is 11.0. The molecule has 22 heavy (non-hydrogen) atoms. The minimum atomic E-state index is -3.23. The molecule has 1 aliphatic rings. The normalized spacial score (nSPS) is 32.2. The molecule has 0 spiro atoms. The number of rotatable bonds is 3. The molecule has 1 aliphatic heterocycles. The molecule has 3 heterocycles. The molecule has 0 bridgehead atoms. The number of aromatic nitrogens is 4. The van der Waals surface area contributed by atoms with Gasteiger partial charge in [-0.3, -0.25) is 4.57 Å². The van der Waals surface area contributed by atoms with Crippen molar-refractivity contribution in [1.29, 1.82) is 0 Å². The van der Waals surface area contributed by atoms with Gasteiger partial charge in [-0.1, -0.05) is 0 Å². The van der Waals surface area contributed by atoms with Gasteiger partial charge < -0.3 is 25.8 Å². The third kappa shape index (κ3) is 1.80. The van der Waals surface area contributed by atoms with Gasteiger partial charge in [0.05, 0.1) is 12.9 Å². The lowest BCUT2D eigenvalue weighted by molar-refractivity contribution is -0.219. The third-order valence-electron chi connectivity index (χ3n) is 3.70. The van der Waals surface area contributed by atoms with E-state index in [4.69, 9.17) is 15.6 Å². The van der Waals surface area contributed by atoms with Crippen LogP contribution >= 0.6 is 0 Å². The quantitative estimate of drug-likeness (QED) is 0.533. The molecule has 1 saturated heterocycles. The van der Waals surface area contributed by atoms with Crippen LogP contribution < -0.4 is 5.73 Å². The molecule has 9 nitrogen and oxygen atoms in total. The Kier molecular flexibility index (Phi) is 3.44. The van der Waals surface area contributed by atoms with Gasteiger partial charge in [0.15, 0.2) is 11.5 Å². The molecular formula is C11H13F2N5O4. The molecule has 5 N–H and O–H groups in total. The fourth-order valence-corrected chi connectivity index (χ4v) is 2.57. The Balaban J connectivity index is 2.22. The molecule has 0 radical (unpaired) electrons. The molecule has 0 saturated carbocycles. The van der Waals surface area contributed by atoms with E-state index in [0.29, 0.717) is 0 Å². The van der Waals surface area contributed by atoms with Crippen LogP contribution in [-0.4, -0.2) is 66.2 Å². The SMILES string of the molecule is Nc1ncnc2c1ncn2[C@]1(C(F)F)O[C@H](CO)[C@@H](O)[C@H]1O. The van der Waals surface area contributed by atoms with Crippen LogP contribution in [0, 0.1) is 0 Å². The highest BCUT2D eigenvalue weighted by Crippen LogP contribution is 2.42. The molecule has 2 aromatic heterocycles. The summed E-state index contributed by atoms with van der Waals surface area (Å²) in [6.07, 6.45) is -6.29. The van der Waals surface area contributed by atoms with Gasteiger partial charge in [0.25, 0.3) is 6.43 Å². The van der Waals surface area contributed by atoms with Crippen molar-refractivity contribution in [3.05, 3.63) is 12.7 Å². The maximum Gasteiger partial charge on any atom is 0.288 e. The van der Waals surface area contributed by atoms with Gasteiger partial charge in [-0.15, -0.1) is 0 Å². The third-order valence-corrected chi connectivity index (χ3v) is 3.70. The van der Waals surface area contributed by atoms with Gasteiger partial charge in [0.2, 0.25) is 5.72 Å². The number of nitrogen functional groups attached to an aromatic ring is 1. The zero-order valence-electron chi connectivity index (χ0n) is 11.0. The molecule has 4 atom stereocenters. The van der Waals surface area contributed by atoms with E-state index < -0.39 is 37.1 Å². The van der Waals surface area contributed by atoms with Crippen LogP contribution in [0.25, 0.3) is 11.2 Å². The molecule has 0 amide bonds. The minimum absolute atomic E-state index is 0.0279. The first kappa shape index (κ1) is 15.0. The van der Waals surface area contributed by atoms with E-state index in [1.807, 2.05) is 0 Å². The highest BCUT2D eigenvalue weighted by molar-refractivity contribution is 5.81. The highest BCUT2D eigenvalue weighted by atomic mass is 19.3. The van der Waals surface area contributed by atoms with E-state index in [0.717, 1.165) is 17.2 Å². The Bertz CT molecular complexity index is 698. The average molecular weight is 317 g/mol. The van der Waals surface area contributed by atoms with Crippen LogP contribution in [0.2, 0.25) is 0 Å². The predicted octanol–water partition coefficient (Wildman–Crippen LogP) is -1.56. The number of nitrogens with zero attached hydrogens (tertiary/aromatic N) is 4. The second-order valence-electron chi connectivity index (χ2n) is 4.87. The van der Waals surface area contributed by atoms with Crippen molar-refractivity contribution in [2.45, 2.75) is 30.5 Å². The number of halogens is 2. The summed E-state index contributed by atoms with van der Waals surface area (Å²) in [6, 6.07) is 0. The molecule has 2 aromatic rings. The van der Waals surface area contributed by atoms with Crippen molar-refractivity contribution in [1.82, 2.24) is 19.5 Å². The first-order chi connectivity index (χ1) is 10.4. The summed E-state index contributed by atoms with van der Waals surface area (Å²) >= 11 is 0. The lowest BCUT2D eigenvalue weighted by Crippen LogP contribution is -2.51. The van der Waals surface area contributed by atoms with Crippen LogP contribution in [0.5, 0.6) is 0 Å². The number of ether oxygens (including phenoxy) is 1. The highest BCUT2D eigenvalue weighted by Gasteiger charge is 2.61. The summed E-state index contributed by atoms with van der Waals surface area (Å²) in [6.45, 7) is -0.740. The van der Waals surface area contributed by atoms with Crippen molar-refractivity contribution in [2.75, 3.05) is 12.3 Å². The van der Waals surface area contributed by atoms with E-state index in [9.17, 15) is 19.0 Å². The maximum absolute atomic E-state index is 13.7. The zero-order chi connectivity index (χ0) is 16.1. The molecule has 1 fully saturated rings. The van der Waals surface area contributed by atoms with Crippen LogP contribution in [0.15, 0.2) is 12.7 Å². The second kappa shape index (κ2) is 5.05. The lowest BCUT2D eigenvalue weighted by atomic mass is 10.0. The number of nitrogens with two attached hydrogens (primary N) is 1. The number of hydrogen-bond acceptors (Lipinski definition) is 8. The number of anilines is 1. The summed E-state index contributed by atoms with van der Waals surface area (Å²) in [5.74, 6) is -0.0279. The summed E-state index contributed by atoms with van der Waals surface area (Å²) in [5.41, 5.74) is 2.93. The fraction of sp³-hybridized carbons (Fsp3) is 0.545. The van der Waals surface area contributed by atoms with Crippen LogP contribution in [0.1, 0.15) is 0 Å². The Labute approximate surface area is 122 Å². The smallest absolute Gasteiger partial charge is 0.288 e. The Morgan fingerprint density at radius 2 is 2.09 bits per heavy atom. The first-order valence-corrected chi connectivity index (χ1v) is 6.30. The van der Waals surface area contributed by atoms with Crippen molar-refractivity contribution in [3.63, 3.8) is 0 Å². The first-order valence-electron chi connectivity index (χ1n) is 6.30. The van der Waals surface area contributed by atoms with Gasteiger partial charge in [0.1, 0.15) is 30.2 Å². The second-order valence-corrected chi connectivity index (χ2v) is 4.87. The summed E-state index contributed by atoms with van der Waals surface area (Å²) in [7, 11) is 0. The van der Waals surface area contributed by atoms with E-state index in [2.05, 4.69) is 15.0 Å². The fourth-order valence-electron chi connectivity index (χ4n) is 2.57. The number of fused-ring (bicyclic) bond motifs is 1. The van der Waals surface area contributed by atoms with Crippen LogP contribution in [-0.2, 0) is 10.5 Å². The predicted molar refractivity (Wildman–Crippen MR) is 67.7 cm³/mol. The topological polar surface area (TPSA) is 140 Å². The lowest BCUT2D eigenvalue weighted by Gasteiger charge is -2.32. The standard InChI is InChI=1S/C11H13F2N5O4/c12-10(13)11(7(21)6(20)4(1-19)22-11)18-3-17-5-8(14)15-2-16-9(5)18/h2-4,6-7,10,19-21H,1H2,(H2,14,15,16)/t4-,6-,7-,11+/m1/s1. The van der Waals surface area contributed by atoms with Gasteiger partial charge >= 0.3 is 0 Å². The maximum atomic E-state index is 13.7. The van der Waals surface area contributed by atoms with Gasteiger partial charge in [-0.2, -0.15) is 0 Å². The minimum Gasteiger partial charge on any atom is -0.394 e. The molecule has 0 unspecified atom stereocenters. The molecule has 3 rings (SSSR count). The van der Waals surface area contributed by atoms with Crippen LogP contribution in [0.3, 0.4) is 0 Å². The number of aliphatic hydroxyl groups is 3. The van der Waals surface area contributed by atoms with Crippen molar-refractivity contribution < 1.29 is 28.8 Å². The van der Waals surface area contributed by atoms with Gasteiger partial charge in [-0.05, 0) is 0 Å². The summed E-state index contributed by atoms with van der Waals surface area (Å²) in [4.78, 5) is 11.4. The Morgan fingerprint density at radius 3 is 2.68 bits per heavy atom. The van der Waals surface area contributed by atoms with Crippen molar-refractivity contribution in [3.8, 4) is 0 Å². The van der Waals surface area contributed by atoms with E-state index in [-0.39, 0.29) is 17.0 Å². The Hall–Kier alpha value is -1.95. The Morgan fingerprint density at radius 1 is 1.36 bits per heavy atom. The average Bonchev–Trinajstić information content (AvgIpc) is 3.02. The summed E-state index contributed by atoms with van der Waals surface area (Å²) in [5, 5.41) is 29.0. The molecule has 11 heteroatoms. The molecule has 0 aromatic carbocycles. The van der Waals surface area contributed by atoms with Crippen LogP contribution in [0.4, 0.5) is 14.6 Å². The van der Waals surface area contributed by atoms with Crippen molar-refractivity contribution in [2.24, 2.45) is 0 Å². The number of alkyl halides is 2. The monoisotopic (exact) mass is 317 g/mol. The molecule has 0 aliphatic carbocycles. The van der Waals surface area contributed by atoms with E-state index in [1.165, 1.54) is 0 Å². The number of aliphatic hydroxyl groups excluding tert-OH is 3. The molecular weight excluding hydrogens is 304 g/mol. The van der Waals surface area contributed by atoms with Gasteiger partial charge in [0, 0.05) is 0 Å². The molecule has 120 valence electrons.